The molecule has 0 spiro atoms. The van der Waals surface area contributed by atoms with Gasteiger partial charge in [0.2, 0.25) is 11.8 Å². The van der Waals surface area contributed by atoms with Crippen molar-refractivity contribution in [2.24, 2.45) is 5.92 Å². The molecule has 0 bridgehead atoms. The van der Waals surface area contributed by atoms with E-state index in [9.17, 15) is 9.59 Å². The van der Waals surface area contributed by atoms with E-state index in [1.807, 2.05) is 35.7 Å². The Labute approximate surface area is 133 Å². The van der Waals surface area contributed by atoms with Crippen LogP contribution >= 0.6 is 11.3 Å². The second kappa shape index (κ2) is 6.70. The van der Waals surface area contributed by atoms with E-state index in [2.05, 4.69) is 10.3 Å². The van der Waals surface area contributed by atoms with Gasteiger partial charge in [-0.25, -0.2) is 4.98 Å². The van der Waals surface area contributed by atoms with Gasteiger partial charge in [0.15, 0.2) is 5.13 Å². The molecule has 1 saturated heterocycles. The fourth-order valence-electron chi connectivity index (χ4n) is 2.57. The fraction of sp³-hybridized carbons (Fsp3) is 0.312. The largest absolute Gasteiger partial charge is 0.342 e. The van der Waals surface area contributed by atoms with E-state index in [-0.39, 0.29) is 24.2 Å². The number of amides is 2. The average molecular weight is 315 g/mol. The van der Waals surface area contributed by atoms with Crippen molar-refractivity contribution in [2.45, 2.75) is 12.8 Å². The summed E-state index contributed by atoms with van der Waals surface area (Å²) < 4.78 is 0. The van der Waals surface area contributed by atoms with Crippen molar-refractivity contribution in [1.82, 2.24) is 9.88 Å². The number of hydrogen-bond acceptors (Lipinski definition) is 4. The summed E-state index contributed by atoms with van der Waals surface area (Å²) in [4.78, 5) is 30.0. The number of carbonyl (C=O) groups excluding carboxylic acids is 2. The Kier molecular flexibility index (Phi) is 4.48. The molecule has 0 aliphatic carbocycles. The van der Waals surface area contributed by atoms with Crippen LogP contribution in [0.3, 0.4) is 0 Å². The first kappa shape index (κ1) is 14.7. The van der Waals surface area contributed by atoms with Crippen molar-refractivity contribution < 1.29 is 9.59 Å². The summed E-state index contributed by atoms with van der Waals surface area (Å²) in [5, 5.41) is 5.16. The summed E-state index contributed by atoms with van der Waals surface area (Å²) in [7, 11) is 0. The third-order valence-electron chi connectivity index (χ3n) is 3.76. The number of hydrogen-bond donors (Lipinski definition) is 1. The molecule has 2 aromatic rings. The van der Waals surface area contributed by atoms with Crippen LogP contribution in [0.1, 0.15) is 12.0 Å². The number of nitrogens with one attached hydrogen (secondary N) is 1. The summed E-state index contributed by atoms with van der Waals surface area (Å²) in [6, 6.07) is 10.1. The van der Waals surface area contributed by atoms with Gasteiger partial charge in [-0.2, -0.15) is 0 Å². The monoisotopic (exact) mass is 315 g/mol. The molecular formula is C16H17N3O2S. The van der Waals surface area contributed by atoms with E-state index < -0.39 is 0 Å². The fourth-order valence-corrected chi connectivity index (χ4v) is 3.10. The predicted molar refractivity (Wildman–Crippen MR) is 85.6 cm³/mol. The van der Waals surface area contributed by atoms with Crippen molar-refractivity contribution in [2.75, 3.05) is 18.4 Å². The van der Waals surface area contributed by atoms with Crippen LogP contribution in [0, 0.1) is 5.92 Å². The smallest absolute Gasteiger partial charge is 0.231 e. The van der Waals surface area contributed by atoms with Crippen LogP contribution in [0.4, 0.5) is 5.13 Å². The number of anilines is 1. The molecule has 5 nitrogen and oxygen atoms in total. The lowest BCUT2D eigenvalue weighted by Gasteiger charge is -2.16. The number of likely N-dealkylation sites (tertiary alicyclic amines) is 1. The summed E-state index contributed by atoms with van der Waals surface area (Å²) >= 11 is 1.38. The van der Waals surface area contributed by atoms with Crippen LogP contribution < -0.4 is 5.32 Å². The number of thiazole rings is 1. The van der Waals surface area contributed by atoms with Crippen molar-refractivity contribution >= 4 is 28.3 Å². The zero-order chi connectivity index (χ0) is 15.4. The van der Waals surface area contributed by atoms with Gasteiger partial charge in [0.05, 0.1) is 5.92 Å². The van der Waals surface area contributed by atoms with E-state index >= 15 is 0 Å². The Morgan fingerprint density at radius 1 is 1.36 bits per heavy atom. The third kappa shape index (κ3) is 3.51. The highest BCUT2D eigenvalue weighted by molar-refractivity contribution is 7.13. The van der Waals surface area contributed by atoms with Crippen LogP contribution in [-0.4, -0.2) is 34.8 Å². The molecule has 22 heavy (non-hydrogen) atoms. The minimum absolute atomic E-state index is 0.0511. The van der Waals surface area contributed by atoms with Gasteiger partial charge in [0.25, 0.3) is 0 Å². The molecule has 1 aromatic carbocycles. The molecule has 114 valence electrons. The number of rotatable bonds is 5. The normalized spacial score (nSPS) is 17.7. The maximum atomic E-state index is 12.2. The first-order valence-corrected chi connectivity index (χ1v) is 8.12. The zero-order valence-electron chi connectivity index (χ0n) is 12.1. The molecule has 1 fully saturated rings. The highest BCUT2D eigenvalue weighted by Gasteiger charge is 2.34. The van der Waals surface area contributed by atoms with Crippen LogP contribution in [0.5, 0.6) is 0 Å². The molecule has 1 aromatic heterocycles. The van der Waals surface area contributed by atoms with E-state index in [0.29, 0.717) is 18.2 Å². The molecule has 3 rings (SSSR count). The first-order chi connectivity index (χ1) is 10.7. The Bertz CT molecular complexity index is 643. The van der Waals surface area contributed by atoms with E-state index in [1.54, 1.807) is 11.1 Å². The Morgan fingerprint density at radius 3 is 2.91 bits per heavy atom. The highest BCUT2D eigenvalue weighted by Crippen LogP contribution is 2.21. The molecule has 2 heterocycles. The SMILES string of the molecule is O=C(Nc1nccs1)[C@@H]1CC(=O)N(CCc2ccccc2)C1. The highest BCUT2D eigenvalue weighted by atomic mass is 32.1. The van der Waals surface area contributed by atoms with Gasteiger partial charge in [-0.05, 0) is 12.0 Å². The van der Waals surface area contributed by atoms with Gasteiger partial charge in [-0.3, -0.25) is 9.59 Å². The van der Waals surface area contributed by atoms with Crippen molar-refractivity contribution in [3.63, 3.8) is 0 Å². The predicted octanol–water partition coefficient (Wildman–Crippen LogP) is 2.17. The van der Waals surface area contributed by atoms with Gasteiger partial charge in [-0.15, -0.1) is 11.3 Å². The minimum atomic E-state index is -0.285. The van der Waals surface area contributed by atoms with E-state index in [1.165, 1.54) is 16.9 Å². The third-order valence-corrected chi connectivity index (χ3v) is 4.45. The van der Waals surface area contributed by atoms with Crippen LogP contribution in [-0.2, 0) is 16.0 Å². The molecule has 1 aliphatic rings. The maximum absolute atomic E-state index is 12.2. The number of benzene rings is 1. The second-order valence-corrected chi connectivity index (χ2v) is 6.20. The zero-order valence-corrected chi connectivity index (χ0v) is 12.9. The molecule has 6 heteroatoms. The summed E-state index contributed by atoms with van der Waals surface area (Å²) in [6.45, 7) is 1.15. The van der Waals surface area contributed by atoms with Gasteiger partial charge >= 0.3 is 0 Å². The first-order valence-electron chi connectivity index (χ1n) is 7.24. The molecule has 0 unspecified atom stereocenters. The lowest BCUT2D eigenvalue weighted by Crippen LogP contribution is -2.29. The van der Waals surface area contributed by atoms with Gasteiger partial charge < -0.3 is 10.2 Å². The molecule has 1 atom stereocenters. The number of carbonyl (C=O) groups is 2. The van der Waals surface area contributed by atoms with Crippen molar-refractivity contribution in [3.8, 4) is 0 Å². The minimum Gasteiger partial charge on any atom is -0.342 e. The Morgan fingerprint density at radius 2 is 2.18 bits per heavy atom. The van der Waals surface area contributed by atoms with Crippen LogP contribution in [0.2, 0.25) is 0 Å². The quantitative estimate of drug-likeness (QED) is 0.920. The average Bonchev–Trinajstić information content (AvgIpc) is 3.16. The number of nitrogens with zero attached hydrogens (tertiary/aromatic N) is 2. The van der Waals surface area contributed by atoms with Crippen molar-refractivity contribution in [3.05, 3.63) is 47.5 Å². The molecular weight excluding hydrogens is 298 g/mol. The lowest BCUT2D eigenvalue weighted by molar-refractivity contribution is -0.128. The topological polar surface area (TPSA) is 62.3 Å². The molecule has 0 saturated carbocycles. The van der Waals surface area contributed by atoms with Gasteiger partial charge in [-0.1, -0.05) is 30.3 Å². The molecule has 1 N–H and O–H groups in total. The van der Waals surface area contributed by atoms with Gasteiger partial charge in [0, 0.05) is 31.1 Å². The summed E-state index contributed by atoms with van der Waals surface area (Å²) in [5.74, 6) is -0.354. The molecule has 0 radical (unpaired) electrons. The van der Waals surface area contributed by atoms with Crippen LogP contribution in [0.15, 0.2) is 41.9 Å². The summed E-state index contributed by atoms with van der Waals surface area (Å²) in [6.07, 6.45) is 2.74. The molecule has 2 amide bonds. The van der Waals surface area contributed by atoms with Crippen LogP contribution in [0.25, 0.3) is 0 Å². The van der Waals surface area contributed by atoms with E-state index in [0.717, 1.165) is 6.42 Å². The summed E-state index contributed by atoms with van der Waals surface area (Å²) in [5.41, 5.74) is 1.20. The van der Waals surface area contributed by atoms with Crippen molar-refractivity contribution in [1.29, 1.82) is 0 Å². The Hall–Kier alpha value is -2.21. The van der Waals surface area contributed by atoms with Gasteiger partial charge in [0.1, 0.15) is 0 Å². The van der Waals surface area contributed by atoms with E-state index in [4.69, 9.17) is 0 Å². The second-order valence-electron chi connectivity index (χ2n) is 5.30. The standard InChI is InChI=1S/C16H17N3O2S/c20-14-10-13(15(21)18-16-17-7-9-22-16)11-19(14)8-6-12-4-2-1-3-5-12/h1-5,7,9,13H,6,8,10-11H2,(H,17,18,21)/t13-/m1/s1. The Balaban J connectivity index is 1.53. The maximum Gasteiger partial charge on any atom is 0.231 e. The molecule has 1 aliphatic heterocycles. The number of aromatic nitrogens is 1. The lowest BCUT2D eigenvalue weighted by atomic mass is 10.1.